The molecule has 1 N–H and O–H groups in total. The molecule has 1 spiro atoms. The fourth-order valence-corrected chi connectivity index (χ4v) is 4.71. The molecule has 2 atom stereocenters. The van der Waals surface area contributed by atoms with Crippen molar-refractivity contribution in [2.45, 2.75) is 30.2 Å². The van der Waals surface area contributed by atoms with Crippen LogP contribution in [0.3, 0.4) is 0 Å². The smallest absolute Gasteiger partial charge is 0.371 e. The Hall–Kier alpha value is -1.87. The highest BCUT2D eigenvalue weighted by Crippen LogP contribution is 2.51. The molecule has 158 valence electrons. The molecule has 0 radical (unpaired) electrons. The number of nitrogens with one attached hydrogen (secondary N) is 1. The zero-order chi connectivity index (χ0) is 21.3. The van der Waals surface area contributed by atoms with Crippen molar-refractivity contribution >= 4 is 28.9 Å². The quantitative estimate of drug-likeness (QED) is 0.651. The number of fused-ring (bicyclic) bond motifs is 2. The van der Waals surface area contributed by atoms with Crippen molar-refractivity contribution in [1.82, 2.24) is 5.32 Å². The number of halogens is 6. The number of hydrogen-bond donors (Lipinski definition) is 1. The molecular formula is C20H14Cl2F4N2O2. The van der Waals surface area contributed by atoms with Crippen LogP contribution in [0, 0.1) is 0 Å². The Labute approximate surface area is 178 Å². The van der Waals surface area contributed by atoms with E-state index in [2.05, 4.69) is 10.5 Å². The summed E-state index contributed by atoms with van der Waals surface area (Å²) in [5.41, 5.74) is -2.81. The fourth-order valence-electron chi connectivity index (χ4n) is 4.19. The van der Waals surface area contributed by atoms with Crippen LogP contribution in [0.4, 0.5) is 17.6 Å². The van der Waals surface area contributed by atoms with Gasteiger partial charge in [-0.05, 0) is 35.4 Å². The fraction of sp³-hybridized carbons (Fsp3) is 0.350. The molecular weight excluding hydrogens is 447 g/mol. The van der Waals surface area contributed by atoms with Crippen LogP contribution in [-0.2, 0) is 27.4 Å². The third-order valence-corrected chi connectivity index (χ3v) is 6.25. The zero-order valence-corrected chi connectivity index (χ0v) is 16.7. The molecule has 2 unspecified atom stereocenters. The maximum atomic E-state index is 15.5. The van der Waals surface area contributed by atoms with Gasteiger partial charge in [0.2, 0.25) is 6.17 Å². The Morgan fingerprint density at radius 1 is 1.07 bits per heavy atom. The lowest BCUT2D eigenvalue weighted by Gasteiger charge is -2.39. The molecule has 0 amide bonds. The molecule has 1 fully saturated rings. The number of hydrogen-bond acceptors (Lipinski definition) is 4. The third kappa shape index (κ3) is 2.70. The van der Waals surface area contributed by atoms with E-state index in [4.69, 9.17) is 32.8 Å². The molecule has 0 aromatic heterocycles. The van der Waals surface area contributed by atoms with Crippen molar-refractivity contribution < 1.29 is 27.1 Å². The van der Waals surface area contributed by atoms with E-state index < -0.39 is 34.8 Å². The first-order valence-electron chi connectivity index (χ1n) is 9.08. The topological polar surface area (TPSA) is 42.8 Å². The molecule has 10 heteroatoms. The standard InChI is InChI=1S/C20H14Cl2F4N2O2/c21-13-4-12(5-14(22)6-13)19(20(24,25)26)17(23)16(28-30-19)10-1-2-15-11(3-10)7-29-18(15)8-27-9-18/h1-6,17,27H,7-9H2. The van der Waals surface area contributed by atoms with Gasteiger partial charge in [-0.1, -0.05) is 40.5 Å². The lowest BCUT2D eigenvalue weighted by Crippen LogP contribution is -2.56. The summed E-state index contributed by atoms with van der Waals surface area (Å²) in [5, 5.41) is 6.52. The molecule has 2 aromatic rings. The molecule has 2 aromatic carbocycles. The van der Waals surface area contributed by atoms with E-state index in [1.54, 1.807) is 18.2 Å². The van der Waals surface area contributed by atoms with Crippen LogP contribution < -0.4 is 5.32 Å². The molecule has 0 aliphatic carbocycles. The summed E-state index contributed by atoms with van der Waals surface area (Å²) in [5.74, 6) is 0. The average Bonchev–Trinajstić information content (AvgIpc) is 3.18. The van der Waals surface area contributed by atoms with Crippen LogP contribution in [0.2, 0.25) is 10.0 Å². The Kier molecular flexibility index (Phi) is 4.39. The summed E-state index contributed by atoms with van der Waals surface area (Å²) in [4.78, 5) is 4.80. The van der Waals surface area contributed by atoms with E-state index in [-0.39, 0.29) is 15.6 Å². The number of nitrogens with zero attached hydrogens (tertiary/aromatic N) is 1. The van der Waals surface area contributed by atoms with Crippen LogP contribution in [0.15, 0.2) is 41.6 Å². The monoisotopic (exact) mass is 460 g/mol. The van der Waals surface area contributed by atoms with E-state index in [0.29, 0.717) is 19.7 Å². The van der Waals surface area contributed by atoms with E-state index >= 15 is 4.39 Å². The Bertz CT molecular complexity index is 1050. The molecule has 0 bridgehead atoms. The summed E-state index contributed by atoms with van der Waals surface area (Å²) in [6.07, 6.45) is -7.74. The van der Waals surface area contributed by atoms with Crippen molar-refractivity contribution in [1.29, 1.82) is 0 Å². The van der Waals surface area contributed by atoms with E-state index in [9.17, 15) is 13.2 Å². The first-order chi connectivity index (χ1) is 14.2. The molecule has 4 nitrogen and oxygen atoms in total. The summed E-state index contributed by atoms with van der Waals surface area (Å²) in [6, 6.07) is 8.11. The normalized spacial score (nSPS) is 26.9. The lowest BCUT2D eigenvalue weighted by molar-refractivity contribution is -0.289. The Morgan fingerprint density at radius 2 is 1.77 bits per heavy atom. The summed E-state index contributed by atoms with van der Waals surface area (Å²) >= 11 is 11.7. The van der Waals surface area contributed by atoms with E-state index in [1.165, 1.54) is 6.07 Å². The molecule has 5 rings (SSSR count). The van der Waals surface area contributed by atoms with Crippen molar-refractivity contribution in [3.8, 4) is 0 Å². The van der Waals surface area contributed by atoms with Gasteiger partial charge in [-0.25, -0.2) is 4.39 Å². The molecule has 1 saturated heterocycles. The van der Waals surface area contributed by atoms with Crippen molar-refractivity contribution in [3.05, 3.63) is 68.7 Å². The molecule has 30 heavy (non-hydrogen) atoms. The van der Waals surface area contributed by atoms with Gasteiger partial charge in [0, 0.05) is 34.3 Å². The van der Waals surface area contributed by atoms with Gasteiger partial charge in [-0.3, -0.25) is 0 Å². The SMILES string of the molecule is FC1C(c2ccc3c(c2)COC32CNC2)=NOC1(c1cc(Cl)cc(Cl)c1)C(F)(F)F. The highest BCUT2D eigenvalue weighted by molar-refractivity contribution is 6.34. The molecule has 3 aliphatic heterocycles. The zero-order valence-electron chi connectivity index (χ0n) is 15.2. The van der Waals surface area contributed by atoms with Gasteiger partial charge < -0.3 is 14.9 Å². The second-order valence-corrected chi connectivity index (χ2v) is 8.45. The van der Waals surface area contributed by atoms with Crippen molar-refractivity contribution in [2.75, 3.05) is 13.1 Å². The van der Waals surface area contributed by atoms with Crippen LogP contribution in [0.5, 0.6) is 0 Å². The van der Waals surface area contributed by atoms with Gasteiger partial charge in [-0.2, -0.15) is 13.2 Å². The number of rotatable bonds is 2. The van der Waals surface area contributed by atoms with Gasteiger partial charge in [0.25, 0.3) is 5.60 Å². The molecule has 0 saturated carbocycles. The largest absolute Gasteiger partial charge is 0.438 e. The summed E-state index contributed by atoms with van der Waals surface area (Å²) in [6.45, 7) is 1.61. The lowest BCUT2D eigenvalue weighted by atomic mass is 9.83. The van der Waals surface area contributed by atoms with E-state index in [0.717, 1.165) is 23.3 Å². The first kappa shape index (κ1) is 20.1. The van der Waals surface area contributed by atoms with Gasteiger partial charge >= 0.3 is 6.18 Å². The van der Waals surface area contributed by atoms with Crippen LogP contribution in [0.1, 0.15) is 22.3 Å². The second-order valence-electron chi connectivity index (χ2n) is 7.58. The molecule has 3 aliphatic rings. The van der Waals surface area contributed by atoms with Crippen LogP contribution in [-0.4, -0.2) is 31.1 Å². The van der Waals surface area contributed by atoms with Gasteiger partial charge in [0.15, 0.2) is 0 Å². The highest BCUT2D eigenvalue weighted by atomic mass is 35.5. The summed E-state index contributed by atoms with van der Waals surface area (Å²) in [7, 11) is 0. The number of alkyl halides is 4. The van der Waals surface area contributed by atoms with Crippen LogP contribution in [0.25, 0.3) is 0 Å². The predicted octanol–water partition coefficient (Wildman–Crippen LogP) is 4.85. The van der Waals surface area contributed by atoms with Crippen molar-refractivity contribution in [3.63, 3.8) is 0 Å². The minimum atomic E-state index is -5.12. The maximum Gasteiger partial charge on any atom is 0.438 e. The predicted molar refractivity (Wildman–Crippen MR) is 102 cm³/mol. The highest BCUT2D eigenvalue weighted by Gasteiger charge is 2.69. The second kappa shape index (κ2) is 6.56. The minimum Gasteiger partial charge on any atom is -0.371 e. The van der Waals surface area contributed by atoms with Crippen molar-refractivity contribution in [2.24, 2.45) is 5.16 Å². The average molecular weight is 461 g/mol. The Balaban J connectivity index is 1.55. The van der Waals surface area contributed by atoms with Crippen LogP contribution >= 0.6 is 23.2 Å². The number of oxime groups is 1. The number of benzene rings is 2. The van der Waals surface area contributed by atoms with E-state index in [1.807, 2.05) is 0 Å². The maximum absolute atomic E-state index is 15.5. The molecule has 3 heterocycles. The van der Waals surface area contributed by atoms with Gasteiger partial charge in [0.1, 0.15) is 11.3 Å². The third-order valence-electron chi connectivity index (χ3n) is 5.81. The summed E-state index contributed by atoms with van der Waals surface area (Å²) < 4.78 is 63.7. The van der Waals surface area contributed by atoms with Gasteiger partial charge in [0.05, 0.1) is 6.61 Å². The minimum absolute atomic E-state index is 0.0699. The first-order valence-corrected chi connectivity index (χ1v) is 9.84. The van der Waals surface area contributed by atoms with Gasteiger partial charge in [-0.15, -0.1) is 0 Å². The Morgan fingerprint density at radius 3 is 2.37 bits per heavy atom. The number of ether oxygens (including phenoxy) is 1.